The number of aryl methyl sites for hydroxylation is 1. The van der Waals surface area contributed by atoms with Crippen LogP contribution in [-0.4, -0.2) is 207 Å². The van der Waals surface area contributed by atoms with Gasteiger partial charge in [0.05, 0.1) is 68.8 Å². The molecular weight excluding hydrogens is 1180 g/mol. The summed E-state index contributed by atoms with van der Waals surface area (Å²) in [6.07, 6.45) is 0.602. The fourth-order valence-corrected chi connectivity index (χ4v) is 6.85. The molecule has 88 heavy (non-hydrogen) atoms. The fraction of sp³-hybridized carbons (Fsp3) is 0.393. The molecule has 0 bridgehead atoms. The molecule has 14 N–H and O–H groups in total. The first-order chi connectivity index (χ1) is 41.8. The average molecular weight is 1250 g/mol. The van der Waals surface area contributed by atoms with Crippen molar-refractivity contribution in [1.29, 1.82) is 0 Å². The van der Waals surface area contributed by atoms with E-state index in [-0.39, 0.29) is 59.7 Å². The van der Waals surface area contributed by atoms with E-state index in [0.29, 0.717) is 36.4 Å². The van der Waals surface area contributed by atoms with Gasteiger partial charge >= 0.3 is 29.5 Å². The zero-order chi connectivity index (χ0) is 65.5. The smallest absolute Gasteiger partial charge is 0.339 e. The molecule has 12 atom stereocenters. The lowest BCUT2D eigenvalue weighted by Crippen LogP contribution is -2.56. The van der Waals surface area contributed by atoms with E-state index in [1.807, 2.05) is 6.08 Å². The van der Waals surface area contributed by atoms with Gasteiger partial charge in [-0.1, -0.05) is 18.2 Å². The maximum Gasteiger partial charge on any atom is 0.339 e. The first kappa shape index (κ1) is 73.4. The maximum absolute atomic E-state index is 11.5. The molecule has 11 rings (SSSR count). The average Bonchev–Trinajstić information content (AvgIpc) is 4.48. The first-order valence-corrected chi connectivity index (χ1v) is 26.0. The Morgan fingerprint density at radius 3 is 1.86 bits per heavy atom. The first-order valence-electron chi connectivity index (χ1n) is 26.0. The van der Waals surface area contributed by atoms with Gasteiger partial charge in [0.1, 0.15) is 77.9 Å². The van der Waals surface area contributed by atoms with Gasteiger partial charge in [-0.15, -0.1) is 0 Å². The lowest BCUT2D eigenvalue weighted by molar-refractivity contribution is -0.206. The van der Waals surface area contributed by atoms with Crippen LogP contribution in [0.3, 0.4) is 0 Å². The molecule has 0 radical (unpaired) electrons. The van der Waals surface area contributed by atoms with E-state index in [2.05, 4.69) is 33.4 Å². The van der Waals surface area contributed by atoms with Crippen LogP contribution in [0.25, 0.3) is 11.0 Å². The molecule has 2 fully saturated rings. The number of para-hydroxylation sites is 1. The number of aromatic nitrogens is 1. The molecule has 2 saturated heterocycles. The Kier molecular flexibility index (Phi) is 31.9. The number of nitrogens with one attached hydrogen (secondary N) is 1. The van der Waals surface area contributed by atoms with Gasteiger partial charge in [-0.2, -0.15) is 5.16 Å². The van der Waals surface area contributed by atoms with Gasteiger partial charge in [0.2, 0.25) is 12.1 Å². The number of aliphatic hydroxyl groups is 12. The monoisotopic (exact) mass is 1250 g/mol. The number of fused-ring (bicyclic) bond motifs is 1. The predicted octanol–water partition coefficient (Wildman–Crippen LogP) is -1.47. The van der Waals surface area contributed by atoms with E-state index in [1.165, 1.54) is 55.2 Å². The van der Waals surface area contributed by atoms with Gasteiger partial charge in [-0.05, 0) is 62.4 Å². The highest BCUT2D eigenvalue weighted by Gasteiger charge is 2.43. The Hall–Kier alpha value is -8.90. The van der Waals surface area contributed by atoms with E-state index in [1.54, 1.807) is 56.3 Å². The summed E-state index contributed by atoms with van der Waals surface area (Å²) in [5.41, 5.74) is -0.314. The highest BCUT2D eigenvalue weighted by Crippen LogP contribution is 2.22. The van der Waals surface area contributed by atoms with E-state index in [9.17, 15) is 48.6 Å². The number of aromatic hydroxyl groups is 1. The minimum absolute atomic E-state index is 0.0400. The van der Waals surface area contributed by atoms with Gasteiger partial charge in [-0.3, -0.25) is 14.4 Å². The minimum atomic E-state index is -1.73. The molecule has 4 aromatic heterocycles. The highest BCUT2D eigenvalue weighted by atomic mass is 16.6. The van der Waals surface area contributed by atoms with Crippen molar-refractivity contribution in [3.8, 4) is 5.75 Å². The Labute approximate surface area is 496 Å². The van der Waals surface area contributed by atoms with Crippen molar-refractivity contribution >= 4 is 46.4 Å². The van der Waals surface area contributed by atoms with Crippen LogP contribution in [0, 0.1) is 6.92 Å². The fourth-order valence-electron chi connectivity index (χ4n) is 6.85. The number of esters is 4. The van der Waals surface area contributed by atoms with Crippen molar-refractivity contribution in [3.05, 3.63) is 160 Å². The zero-order valence-electron chi connectivity index (χ0n) is 46.7. The van der Waals surface area contributed by atoms with Gasteiger partial charge < -0.3 is 113 Å². The number of cyclic esters (lactones) is 4. The summed E-state index contributed by atoms with van der Waals surface area (Å²) in [4.78, 5) is 84.2. The number of H-pyrrole nitrogens is 1. The lowest BCUT2D eigenvalue weighted by atomic mass is 10.0. The molecule has 12 unspecified atom stereocenters. The quantitative estimate of drug-likeness (QED) is 0.0399. The number of carbonyl (C=O) groups excluding carboxylic acids is 6. The summed E-state index contributed by atoms with van der Waals surface area (Å²) in [7, 11) is 0. The molecule has 32 heteroatoms. The third-order valence-corrected chi connectivity index (χ3v) is 11.3. The Morgan fingerprint density at radius 2 is 1.38 bits per heavy atom. The van der Waals surface area contributed by atoms with E-state index in [4.69, 9.17) is 74.2 Å². The van der Waals surface area contributed by atoms with Crippen molar-refractivity contribution < 1.29 is 141 Å². The number of hydrogen-bond acceptors (Lipinski definition) is 31. The maximum atomic E-state index is 11.5. The summed E-state index contributed by atoms with van der Waals surface area (Å²) in [5, 5.41) is 119. The van der Waals surface area contributed by atoms with E-state index >= 15 is 0 Å². The zero-order valence-corrected chi connectivity index (χ0v) is 46.7. The van der Waals surface area contributed by atoms with Crippen LogP contribution in [0.4, 0.5) is 0 Å². The van der Waals surface area contributed by atoms with Crippen molar-refractivity contribution in [1.82, 2.24) is 5.16 Å². The second-order valence-corrected chi connectivity index (χ2v) is 18.2. The van der Waals surface area contributed by atoms with E-state index in [0.717, 1.165) is 18.6 Å². The van der Waals surface area contributed by atoms with Crippen molar-refractivity contribution in [3.63, 3.8) is 0 Å². The molecule has 1 aromatic carbocycles. The number of rotatable bonds is 6. The van der Waals surface area contributed by atoms with Gasteiger partial charge in [-0.25, -0.2) is 24.0 Å². The molecule has 0 amide bonds. The second-order valence-electron chi connectivity index (χ2n) is 18.2. The molecule has 6 aliphatic rings. The predicted molar refractivity (Wildman–Crippen MR) is 292 cm³/mol. The molecule has 0 aliphatic carbocycles. The topological polar surface area (TPSA) is 523 Å². The van der Waals surface area contributed by atoms with Crippen LogP contribution in [-0.2, 0) is 52.4 Å². The SMILES string of the molecule is CC1CC(O)=CC(=O)O1.Cc1cc(=O)[nH]o1.O=C(c1ccco1)C(O)c1ccco1.O=C1C=CCCO1.O=C1C=CCO1.O=C1CC(O)C(CO)OC1O.O=C1OC(CO)C(O)C(O)C1O.O=c1cc(O)c2ccccc2o1.OCC1OC=CC(O)C1O. The normalized spacial score (nSPS) is 24.9. The highest BCUT2D eigenvalue weighted by molar-refractivity contribution is 5.97. The van der Waals surface area contributed by atoms with Crippen LogP contribution in [0.1, 0.15) is 54.4 Å². The summed E-state index contributed by atoms with van der Waals surface area (Å²) in [6, 6.07) is 15.5. The number of ketones is 2. The second kappa shape index (κ2) is 38.3. The van der Waals surface area contributed by atoms with Crippen molar-refractivity contribution in [2.24, 2.45) is 0 Å². The van der Waals surface area contributed by atoms with E-state index < -0.39 is 110 Å². The Bertz CT molecular complexity index is 3170. The number of aliphatic hydroxyl groups excluding tert-OH is 12. The molecule has 5 aromatic rings. The lowest BCUT2D eigenvalue weighted by Gasteiger charge is -2.32. The number of benzene rings is 1. The molecule has 0 saturated carbocycles. The Balaban J connectivity index is 0.000000262. The van der Waals surface area contributed by atoms with Gasteiger partial charge in [0.15, 0.2) is 29.9 Å². The summed E-state index contributed by atoms with van der Waals surface area (Å²) in [6.45, 7) is 3.18. The Morgan fingerprint density at radius 1 is 0.716 bits per heavy atom. The molecule has 10 heterocycles. The number of hydrogen-bond donors (Lipinski definition) is 14. The molecule has 32 nitrogen and oxygen atoms in total. The number of furan rings is 2. The molecule has 482 valence electrons. The summed E-state index contributed by atoms with van der Waals surface area (Å²) in [5.74, 6) is -1.97. The van der Waals surface area contributed by atoms with Crippen LogP contribution in [0.2, 0.25) is 0 Å². The third kappa shape index (κ3) is 25.6. The van der Waals surface area contributed by atoms with Crippen LogP contribution >= 0.6 is 0 Å². The minimum Gasteiger partial charge on any atom is -0.512 e. The number of Topliss-reactive ketones (excluding diaryl/α,β-unsaturated/α-hetero) is 2. The number of ether oxygens (including phenoxy) is 6. The largest absolute Gasteiger partial charge is 0.512 e. The van der Waals surface area contributed by atoms with Crippen molar-refractivity contribution in [2.45, 2.75) is 107 Å². The standard InChI is InChI=1S/C10H8O4.C9H6O3.C6H10O6.C6H10O5.C6H10O4.C6H8O3.C5H6O2.C4H5NO2.C4H4O2/c11-9(7-3-1-5-13-7)10(12)8-4-2-6-14-8;10-7-5-9(11)12-8-4-2-1-3-6(7)8;7-1-2-3(8)4(9)5(10)6(11)12-2;7-2-5-3(8)1-4(9)6(10)11-5;7-3-5-6(9)4(8)1-2-10-5;1-4-2-5(7)3-6(8)9-4;6-5-3-1-2-4-7-5;1-3-2-4(6)5-7-3;5-4-2-1-3-6-4/h1-6,9,11H;1-5,10H;2-5,7-10H,1H2;3,5-8,10H,1-2H2;1-2,4-9H,3H2;3-4,7H,2H2,1H3;1,3H,2,4H2;2H,1H3,(H,5,6);1-2H,3H2. The van der Waals surface area contributed by atoms with Crippen molar-refractivity contribution in [2.75, 3.05) is 33.0 Å². The summed E-state index contributed by atoms with van der Waals surface area (Å²) < 4.78 is 46.5. The van der Waals surface area contributed by atoms with Crippen LogP contribution in [0.15, 0.2) is 149 Å². The van der Waals surface area contributed by atoms with Crippen LogP contribution in [0.5, 0.6) is 5.75 Å². The van der Waals surface area contributed by atoms with Crippen LogP contribution < -0.4 is 11.2 Å². The number of carbonyl (C=O) groups is 6. The molecule has 0 spiro atoms. The van der Waals surface area contributed by atoms with Gasteiger partial charge in [0.25, 0.3) is 5.56 Å². The summed E-state index contributed by atoms with van der Waals surface area (Å²) >= 11 is 0. The van der Waals surface area contributed by atoms with Gasteiger partial charge in [0, 0.05) is 37.5 Å². The third-order valence-electron chi connectivity index (χ3n) is 11.3. The number of aromatic amines is 1. The molecular formula is C56H67NO31. The molecule has 6 aliphatic heterocycles.